The fourth-order valence-electron chi connectivity index (χ4n) is 1.99. The second kappa shape index (κ2) is 5.51. The standard InChI is InChI=1S/C15H21NO3/c1-15(2,3)19-14(17)16-8-6-11-4-5-12-7-9-18-13(12)10-11/h4-5,10H,6-9H2,1-3H3,(H,16,17). The third-order valence-electron chi connectivity index (χ3n) is 2.84. The lowest BCUT2D eigenvalue weighted by molar-refractivity contribution is 0.0528. The van der Waals surface area contributed by atoms with Crippen LogP contribution in [0.2, 0.25) is 0 Å². The van der Waals surface area contributed by atoms with Crippen LogP contribution < -0.4 is 10.1 Å². The monoisotopic (exact) mass is 263 g/mol. The van der Waals surface area contributed by atoms with Crippen LogP contribution in [-0.2, 0) is 17.6 Å². The first kappa shape index (κ1) is 13.7. The molecule has 0 bridgehead atoms. The molecule has 0 atom stereocenters. The van der Waals surface area contributed by atoms with Gasteiger partial charge in [-0.2, -0.15) is 0 Å². The molecule has 19 heavy (non-hydrogen) atoms. The Morgan fingerprint density at radius 1 is 1.42 bits per heavy atom. The maximum Gasteiger partial charge on any atom is 0.407 e. The van der Waals surface area contributed by atoms with Crippen molar-refractivity contribution in [2.24, 2.45) is 0 Å². The largest absolute Gasteiger partial charge is 0.493 e. The van der Waals surface area contributed by atoms with E-state index in [2.05, 4.69) is 23.5 Å². The maximum absolute atomic E-state index is 11.5. The fraction of sp³-hybridized carbons (Fsp3) is 0.533. The average molecular weight is 263 g/mol. The molecule has 1 N–H and O–H groups in total. The van der Waals surface area contributed by atoms with E-state index in [0.717, 1.165) is 30.8 Å². The van der Waals surface area contributed by atoms with Gasteiger partial charge in [-0.25, -0.2) is 4.79 Å². The predicted molar refractivity (Wildman–Crippen MR) is 73.6 cm³/mol. The number of hydrogen-bond donors (Lipinski definition) is 1. The molecule has 0 saturated heterocycles. The summed E-state index contributed by atoms with van der Waals surface area (Å²) in [6.07, 6.45) is 1.40. The molecule has 0 aliphatic carbocycles. The summed E-state index contributed by atoms with van der Waals surface area (Å²) < 4.78 is 10.7. The number of carbonyl (C=O) groups is 1. The van der Waals surface area contributed by atoms with Crippen molar-refractivity contribution < 1.29 is 14.3 Å². The van der Waals surface area contributed by atoms with Crippen LogP contribution in [0.4, 0.5) is 4.79 Å². The summed E-state index contributed by atoms with van der Waals surface area (Å²) in [7, 11) is 0. The van der Waals surface area contributed by atoms with Crippen LogP contribution in [0, 0.1) is 0 Å². The zero-order valence-corrected chi connectivity index (χ0v) is 11.8. The molecule has 0 saturated carbocycles. The Labute approximate surface area is 114 Å². The Bertz CT molecular complexity index is 463. The van der Waals surface area contributed by atoms with E-state index in [1.807, 2.05) is 20.8 Å². The van der Waals surface area contributed by atoms with Crippen LogP contribution in [0.25, 0.3) is 0 Å². The van der Waals surface area contributed by atoms with Crippen molar-refractivity contribution in [3.05, 3.63) is 29.3 Å². The van der Waals surface area contributed by atoms with Gasteiger partial charge < -0.3 is 14.8 Å². The number of fused-ring (bicyclic) bond motifs is 1. The van der Waals surface area contributed by atoms with Crippen molar-refractivity contribution >= 4 is 6.09 Å². The fourth-order valence-corrected chi connectivity index (χ4v) is 1.99. The van der Waals surface area contributed by atoms with Crippen LogP contribution in [0.15, 0.2) is 18.2 Å². The second-order valence-corrected chi connectivity index (χ2v) is 5.72. The minimum absolute atomic E-state index is 0.370. The van der Waals surface area contributed by atoms with Gasteiger partial charge in [0.2, 0.25) is 0 Å². The predicted octanol–water partition coefficient (Wildman–Crippen LogP) is 2.69. The van der Waals surface area contributed by atoms with Crippen molar-refractivity contribution in [1.29, 1.82) is 0 Å². The minimum Gasteiger partial charge on any atom is -0.493 e. The van der Waals surface area contributed by atoms with E-state index in [-0.39, 0.29) is 6.09 Å². The quantitative estimate of drug-likeness (QED) is 0.912. The molecule has 1 amide bonds. The molecule has 104 valence electrons. The zero-order valence-electron chi connectivity index (χ0n) is 11.8. The number of alkyl carbamates (subject to hydrolysis) is 1. The van der Waals surface area contributed by atoms with Gasteiger partial charge in [0.1, 0.15) is 11.4 Å². The summed E-state index contributed by atoms with van der Waals surface area (Å²) in [5.74, 6) is 0.981. The van der Waals surface area contributed by atoms with Crippen molar-refractivity contribution in [3.8, 4) is 5.75 Å². The van der Waals surface area contributed by atoms with E-state index < -0.39 is 5.60 Å². The lowest BCUT2D eigenvalue weighted by atomic mass is 10.1. The number of nitrogens with one attached hydrogen (secondary N) is 1. The Hall–Kier alpha value is -1.71. The lowest BCUT2D eigenvalue weighted by Gasteiger charge is -2.19. The van der Waals surface area contributed by atoms with Gasteiger partial charge in [0.15, 0.2) is 0 Å². The summed E-state index contributed by atoms with van der Waals surface area (Å²) in [6, 6.07) is 6.24. The second-order valence-electron chi connectivity index (χ2n) is 5.72. The van der Waals surface area contributed by atoms with E-state index in [1.54, 1.807) is 0 Å². The highest BCUT2D eigenvalue weighted by molar-refractivity contribution is 5.67. The molecule has 4 nitrogen and oxygen atoms in total. The molecule has 0 aromatic heterocycles. The molecule has 2 rings (SSSR count). The topological polar surface area (TPSA) is 47.6 Å². The van der Waals surface area contributed by atoms with E-state index >= 15 is 0 Å². The first-order chi connectivity index (χ1) is 8.94. The third kappa shape index (κ3) is 4.16. The van der Waals surface area contributed by atoms with Crippen molar-refractivity contribution in [2.45, 2.75) is 39.2 Å². The smallest absolute Gasteiger partial charge is 0.407 e. The van der Waals surface area contributed by atoms with Gasteiger partial charge >= 0.3 is 6.09 Å². The summed E-state index contributed by atoms with van der Waals surface area (Å²) >= 11 is 0. The molecular formula is C15H21NO3. The van der Waals surface area contributed by atoms with Gasteiger partial charge in [-0.1, -0.05) is 12.1 Å². The van der Waals surface area contributed by atoms with Gasteiger partial charge in [-0.15, -0.1) is 0 Å². The summed E-state index contributed by atoms with van der Waals surface area (Å²) in [4.78, 5) is 11.5. The SMILES string of the molecule is CC(C)(C)OC(=O)NCCc1ccc2c(c1)OCC2. The number of rotatable bonds is 3. The molecule has 0 unspecified atom stereocenters. The molecule has 0 fully saturated rings. The molecule has 1 aliphatic rings. The normalized spacial score (nSPS) is 13.6. The van der Waals surface area contributed by atoms with Crippen LogP contribution in [-0.4, -0.2) is 24.8 Å². The lowest BCUT2D eigenvalue weighted by Crippen LogP contribution is -2.33. The zero-order chi connectivity index (χ0) is 13.9. The Morgan fingerprint density at radius 2 is 2.21 bits per heavy atom. The van der Waals surface area contributed by atoms with Crippen molar-refractivity contribution in [2.75, 3.05) is 13.2 Å². The molecule has 4 heteroatoms. The molecule has 0 radical (unpaired) electrons. The third-order valence-corrected chi connectivity index (χ3v) is 2.84. The van der Waals surface area contributed by atoms with E-state index in [9.17, 15) is 4.79 Å². The molecule has 1 heterocycles. The highest BCUT2D eigenvalue weighted by atomic mass is 16.6. The molecular weight excluding hydrogens is 242 g/mol. The average Bonchev–Trinajstić information content (AvgIpc) is 2.73. The van der Waals surface area contributed by atoms with Gasteiger partial charge in [-0.3, -0.25) is 0 Å². The number of benzene rings is 1. The first-order valence-corrected chi connectivity index (χ1v) is 6.65. The Morgan fingerprint density at radius 3 is 2.95 bits per heavy atom. The summed E-state index contributed by atoms with van der Waals surface area (Å²) in [6.45, 7) is 6.89. The van der Waals surface area contributed by atoms with Gasteiger partial charge in [0.25, 0.3) is 0 Å². The number of ether oxygens (including phenoxy) is 2. The molecule has 0 spiro atoms. The van der Waals surface area contributed by atoms with E-state index in [0.29, 0.717) is 6.54 Å². The van der Waals surface area contributed by atoms with Crippen molar-refractivity contribution in [3.63, 3.8) is 0 Å². The first-order valence-electron chi connectivity index (χ1n) is 6.65. The van der Waals surface area contributed by atoms with E-state index in [1.165, 1.54) is 5.56 Å². The van der Waals surface area contributed by atoms with Gasteiger partial charge in [0.05, 0.1) is 6.61 Å². The van der Waals surface area contributed by atoms with Crippen LogP contribution in [0.3, 0.4) is 0 Å². The number of amides is 1. The number of hydrogen-bond acceptors (Lipinski definition) is 3. The highest BCUT2D eigenvalue weighted by Gasteiger charge is 2.16. The summed E-state index contributed by atoms with van der Waals surface area (Å²) in [5, 5.41) is 2.75. The molecule has 1 aromatic carbocycles. The summed E-state index contributed by atoms with van der Waals surface area (Å²) in [5.41, 5.74) is 1.98. The highest BCUT2D eigenvalue weighted by Crippen LogP contribution is 2.26. The molecule has 1 aliphatic heterocycles. The van der Waals surface area contributed by atoms with Gasteiger partial charge in [0, 0.05) is 13.0 Å². The van der Waals surface area contributed by atoms with Gasteiger partial charge in [-0.05, 0) is 44.4 Å². The molecule has 1 aromatic rings. The number of carbonyl (C=O) groups excluding carboxylic acids is 1. The van der Waals surface area contributed by atoms with Crippen molar-refractivity contribution in [1.82, 2.24) is 5.32 Å². The van der Waals surface area contributed by atoms with E-state index in [4.69, 9.17) is 9.47 Å². The van der Waals surface area contributed by atoms with Crippen LogP contribution in [0.1, 0.15) is 31.9 Å². The van der Waals surface area contributed by atoms with Crippen LogP contribution >= 0.6 is 0 Å². The van der Waals surface area contributed by atoms with Crippen LogP contribution in [0.5, 0.6) is 5.75 Å². The maximum atomic E-state index is 11.5. The minimum atomic E-state index is -0.453. The Balaban J connectivity index is 1.78. The Kier molecular flexibility index (Phi) is 3.98.